The monoisotopic (exact) mass is 635 g/mol. The van der Waals surface area contributed by atoms with Crippen molar-refractivity contribution in [2.24, 2.45) is 0 Å². The van der Waals surface area contributed by atoms with Crippen molar-refractivity contribution < 1.29 is 28.6 Å². The summed E-state index contributed by atoms with van der Waals surface area (Å²) in [6.07, 6.45) is -0.464. The van der Waals surface area contributed by atoms with E-state index in [0.29, 0.717) is 36.5 Å². The number of anilines is 3. The molecule has 0 radical (unpaired) electrons. The van der Waals surface area contributed by atoms with E-state index in [2.05, 4.69) is 4.90 Å². The Bertz CT molecular complexity index is 1500. The van der Waals surface area contributed by atoms with E-state index >= 15 is 0 Å². The number of ether oxygens (including phenoxy) is 3. The molecule has 4 rings (SSSR count). The fraction of sp³-hybridized carbons (Fsp3) is 0.400. The number of methoxy groups -OCH3 is 1. The zero-order valence-electron chi connectivity index (χ0n) is 27.1. The molecule has 45 heavy (non-hydrogen) atoms. The molecule has 10 heteroatoms. The van der Waals surface area contributed by atoms with Crippen LogP contribution in [0.3, 0.4) is 0 Å². The van der Waals surface area contributed by atoms with Gasteiger partial charge in [0.05, 0.1) is 36.3 Å². The van der Waals surface area contributed by atoms with Crippen molar-refractivity contribution in [3.63, 3.8) is 0 Å². The van der Waals surface area contributed by atoms with E-state index in [1.54, 1.807) is 59.6 Å². The highest BCUT2D eigenvalue weighted by molar-refractivity contribution is 6.31. The summed E-state index contributed by atoms with van der Waals surface area (Å²) in [5, 5.41) is 0.538. The van der Waals surface area contributed by atoms with Crippen LogP contribution in [0.5, 0.6) is 5.75 Å². The molecule has 0 aliphatic carbocycles. The van der Waals surface area contributed by atoms with Gasteiger partial charge < -0.3 is 24.0 Å². The molecule has 0 fully saturated rings. The van der Waals surface area contributed by atoms with Crippen LogP contribution < -0.4 is 14.5 Å². The summed E-state index contributed by atoms with van der Waals surface area (Å²) in [6.45, 7) is 11.4. The number of imide groups is 1. The van der Waals surface area contributed by atoms with Crippen LogP contribution in [0.4, 0.5) is 26.7 Å². The van der Waals surface area contributed by atoms with Gasteiger partial charge in [0.1, 0.15) is 17.0 Å². The minimum atomic E-state index is -0.777. The number of unbranched alkanes of at least 4 members (excludes halogenated alkanes) is 1. The molecule has 0 saturated heterocycles. The van der Waals surface area contributed by atoms with Crippen molar-refractivity contribution in [1.82, 2.24) is 4.90 Å². The first kappa shape index (κ1) is 33.6. The maximum atomic E-state index is 14.1. The predicted octanol–water partition coefficient (Wildman–Crippen LogP) is 8.60. The van der Waals surface area contributed by atoms with Gasteiger partial charge in [0.25, 0.3) is 5.91 Å². The molecule has 1 aliphatic heterocycles. The normalized spacial score (nSPS) is 13.0. The lowest BCUT2D eigenvalue weighted by Crippen LogP contribution is -2.44. The summed E-state index contributed by atoms with van der Waals surface area (Å²) < 4.78 is 16.3. The molecule has 240 valence electrons. The Morgan fingerprint density at radius 3 is 2.00 bits per heavy atom. The Labute approximate surface area is 270 Å². The lowest BCUT2D eigenvalue weighted by molar-refractivity contribution is 0.00121. The van der Waals surface area contributed by atoms with Crippen molar-refractivity contribution >= 4 is 46.8 Å². The van der Waals surface area contributed by atoms with E-state index < -0.39 is 23.4 Å². The second-order valence-corrected chi connectivity index (χ2v) is 13.3. The summed E-state index contributed by atoms with van der Waals surface area (Å²) in [4.78, 5) is 44.9. The molecule has 3 aromatic rings. The smallest absolute Gasteiger partial charge is 0.419 e. The minimum absolute atomic E-state index is 0.101. The number of hydrogen-bond donors (Lipinski definition) is 0. The van der Waals surface area contributed by atoms with Gasteiger partial charge >= 0.3 is 12.2 Å². The minimum Gasteiger partial charge on any atom is -0.497 e. The Balaban J connectivity index is 1.61. The van der Waals surface area contributed by atoms with E-state index in [4.69, 9.17) is 25.8 Å². The fourth-order valence-electron chi connectivity index (χ4n) is 4.96. The number of carbonyl (C=O) groups excluding carboxylic acids is 3. The summed E-state index contributed by atoms with van der Waals surface area (Å²) in [5.74, 6) is 0.607. The Morgan fingerprint density at radius 1 is 0.778 bits per heavy atom. The number of rotatable bonds is 8. The number of nitrogens with zero attached hydrogens (tertiary/aromatic N) is 3. The maximum Gasteiger partial charge on any atom is 0.419 e. The number of carbonyl (C=O) groups is 3. The zero-order valence-corrected chi connectivity index (χ0v) is 27.8. The van der Waals surface area contributed by atoms with Crippen LogP contribution >= 0.6 is 11.6 Å². The van der Waals surface area contributed by atoms with Gasteiger partial charge in [-0.25, -0.2) is 14.5 Å². The largest absolute Gasteiger partial charge is 0.497 e. The molecule has 3 aromatic carbocycles. The predicted molar refractivity (Wildman–Crippen MR) is 177 cm³/mol. The van der Waals surface area contributed by atoms with Gasteiger partial charge in [-0.3, -0.25) is 4.79 Å². The molecule has 0 N–H and O–H groups in total. The first-order valence-electron chi connectivity index (χ1n) is 15.0. The molecule has 0 bridgehead atoms. The molecule has 0 spiro atoms. The average molecular weight is 636 g/mol. The quantitative estimate of drug-likeness (QED) is 0.229. The third kappa shape index (κ3) is 8.69. The number of hydrogen-bond acceptors (Lipinski definition) is 7. The molecule has 0 unspecified atom stereocenters. The second-order valence-electron chi connectivity index (χ2n) is 12.9. The lowest BCUT2D eigenvalue weighted by atomic mass is 10.1. The van der Waals surface area contributed by atoms with Crippen molar-refractivity contribution in [2.75, 3.05) is 30.0 Å². The molecule has 0 atom stereocenters. The van der Waals surface area contributed by atoms with E-state index in [0.717, 1.165) is 33.3 Å². The molecule has 0 aromatic heterocycles. The number of fused-ring (bicyclic) bond motifs is 2. The molecule has 1 heterocycles. The van der Waals surface area contributed by atoms with E-state index in [9.17, 15) is 14.4 Å². The number of benzene rings is 3. The Kier molecular flexibility index (Phi) is 10.3. The summed E-state index contributed by atoms with van der Waals surface area (Å²) in [5.41, 5.74) is 2.20. The summed E-state index contributed by atoms with van der Waals surface area (Å²) in [7, 11) is 1.62. The van der Waals surface area contributed by atoms with Gasteiger partial charge in [-0.05, 0) is 102 Å². The third-order valence-electron chi connectivity index (χ3n) is 6.93. The number of amides is 3. The summed E-state index contributed by atoms with van der Waals surface area (Å²) in [6, 6.07) is 20.6. The first-order chi connectivity index (χ1) is 21.2. The maximum absolute atomic E-state index is 14.1. The zero-order chi connectivity index (χ0) is 32.9. The number of halogens is 1. The number of para-hydroxylation sites is 1. The Morgan fingerprint density at radius 2 is 1.40 bits per heavy atom. The van der Waals surface area contributed by atoms with Gasteiger partial charge in [0.15, 0.2) is 0 Å². The molecule has 1 aliphatic rings. The van der Waals surface area contributed by atoms with Crippen LogP contribution in [0.2, 0.25) is 5.02 Å². The van der Waals surface area contributed by atoms with Gasteiger partial charge in [0.2, 0.25) is 0 Å². The average Bonchev–Trinajstić information content (AvgIpc) is 3.04. The van der Waals surface area contributed by atoms with Crippen LogP contribution in [-0.2, 0) is 16.0 Å². The van der Waals surface area contributed by atoms with E-state index in [1.807, 2.05) is 60.7 Å². The molecule has 0 saturated carbocycles. The topological polar surface area (TPSA) is 88.6 Å². The van der Waals surface area contributed by atoms with Gasteiger partial charge in [0, 0.05) is 18.1 Å². The highest BCUT2D eigenvalue weighted by atomic mass is 35.5. The molecule has 3 amide bonds. The van der Waals surface area contributed by atoms with Crippen molar-refractivity contribution in [2.45, 2.75) is 72.1 Å². The van der Waals surface area contributed by atoms with E-state index in [-0.39, 0.29) is 12.5 Å². The standard InChI is InChI=1S/C35H42ClN3O6/c1-34(2,3)44-32(41)38(33(42)45-35(4,5)6)21-11-10-20-37-28-13-9-8-12-27(28)31(40)39(29-19-16-25(36)22-30(29)37)23-24-14-17-26(43-7)18-15-24/h8-9,12-19,22H,10-11,20-21,23H2,1-7H3. The van der Waals surface area contributed by atoms with Crippen LogP contribution in [-0.4, -0.2) is 54.4 Å². The van der Waals surface area contributed by atoms with Crippen LogP contribution in [0, 0.1) is 0 Å². The first-order valence-corrected chi connectivity index (χ1v) is 15.4. The van der Waals surface area contributed by atoms with Crippen molar-refractivity contribution in [3.8, 4) is 5.75 Å². The highest BCUT2D eigenvalue weighted by Gasteiger charge is 2.33. The highest BCUT2D eigenvalue weighted by Crippen LogP contribution is 2.42. The Hall–Kier alpha value is -4.24. The lowest BCUT2D eigenvalue weighted by Gasteiger charge is -2.29. The second kappa shape index (κ2) is 13.8. The summed E-state index contributed by atoms with van der Waals surface area (Å²) >= 11 is 6.52. The van der Waals surface area contributed by atoms with Crippen LogP contribution in [0.1, 0.15) is 70.3 Å². The van der Waals surface area contributed by atoms with Crippen molar-refractivity contribution in [3.05, 3.63) is 82.9 Å². The SMILES string of the molecule is COc1ccc(CN2C(=O)c3ccccc3N(CCCCN(C(=O)OC(C)(C)C)C(=O)OC(C)(C)C)c3cc(Cl)ccc32)cc1. The van der Waals surface area contributed by atoms with Gasteiger partial charge in [-0.2, -0.15) is 0 Å². The van der Waals surface area contributed by atoms with Gasteiger partial charge in [-0.1, -0.05) is 35.9 Å². The van der Waals surface area contributed by atoms with Gasteiger partial charge in [-0.15, -0.1) is 0 Å². The molecular weight excluding hydrogens is 594 g/mol. The van der Waals surface area contributed by atoms with Crippen LogP contribution in [0.25, 0.3) is 0 Å². The van der Waals surface area contributed by atoms with Crippen LogP contribution in [0.15, 0.2) is 66.7 Å². The van der Waals surface area contributed by atoms with E-state index in [1.165, 1.54) is 0 Å². The van der Waals surface area contributed by atoms with Crippen molar-refractivity contribution in [1.29, 1.82) is 0 Å². The fourth-order valence-corrected chi connectivity index (χ4v) is 5.12. The molecule has 9 nitrogen and oxygen atoms in total. The third-order valence-corrected chi connectivity index (χ3v) is 7.17. The molecular formula is C35H42ClN3O6.